The number of aromatic nitrogens is 2. The molecule has 124 valence electrons. The largest absolute Gasteiger partial charge is 0.348 e. The topological polar surface area (TPSA) is 86.9 Å². The van der Waals surface area contributed by atoms with Gasteiger partial charge in [0.15, 0.2) is 0 Å². The van der Waals surface area contributed by atoms with Crippen LogP contribution in [0, 0.1) is 0 Å². The van der Waals surface area contributed by atoms with Crippen molar-refractivity contribution in [2.45, 2.75) is 32.7 Å². The van der Waals surface area contributed by atoms with Gasteiger partial charge in [-0.05, 0) is 24.1 Å². The highest BCUT2D eigenvalue weighted by molar-refractivity contribution is 7.92. The minimum atomic E-state index is -3.29. The van der Waals surface area contributed by atoms with Gasteiger partial charge in [0.25, 0.3) is 0 Å². The average molecular weight is 334 g/mol. The van der Waals surface area contributed by atoms with Crippen LogP contribution in [0.5, 0.6) is 0 Å². The molecule has 0 bridgehead atoms. The predicted octanol–water partition coefficient (Wildman–Crippen LogP) is 1.97. The third-order valence-corrected chi connectivity index (χ3v) is 5.52. The number of aromatic amines is 1. The van der Waals surface area contributed by atoms with Gasteiger partial charge in [0.1, 0.15) is 5.82 Å². The number of benzene rings is 1. The summed E-state index contributed by atoms with van der Waals surface area (Å²) in [5, 5.41) is 3.37. The summed E-state index contributed by atoms with van der Waals surface area (Å²) in [4.78, 5) is 7.83. The number of H-pyrrole nitrogens is 1. The van der Waals surface area contributed by atoms with E-state index in [0.717, 1.165) is 35.6 Å². The molecule has 0 spiro atoms. The second-order valence-corrected chi connectivity index (χ2v) is 7.70. The van der Waals surface area contributed by atoms with Gasteiger partial charge >= 0.3 is 0 Å². The summed E-state index contributed by atoms with van der Waals surface area (Å²) in [5.74, 6) is 1.16. The van der Waals surface area contributed by atoms with Crippen molar-refractivity contribution in [3.8, 4) is 0 Å². The zero-order chi connectivity index (χ0) is 16.4. The van der Waals surface area contributed by atoms with Crippen molar-refractivity contribution in [2.24, 2.45) is 0 Å². The lowest BCUT2D eigenvalue weighted by Gasteiger charge is -2.27. The third kappa shape index (κ3) is 3.25. The Labute approximate surface area is 136 Å². The third-order valence-electron chi connectivity index (χ3n) is 4.23. The highest BCUT2D eigenvalue weighted by Gasteiger charge is 2.26. The summed E-state index contributed by atoms with van der Waals surface area (Å²) in [7, 11) is -3.29. The van der Waals surface area contributed by atoms with E-state index in [9.17, 15) is 8.42 Å². The maximum absolute atomic E-state index is 11.9. The van der Waals surface area contributed by atoms with Crippen LogP contribution in [0.1, 0.15) is 42.4 Å². The van der Waals surface area contributed by atoms with Crippen molar-refractivity contribution in [3.63, 3.8) is 0 Å². The molecule has 0 amide bonds. The SMILES string of the molecule is CCc1nc(C2CNCc3c(NS(=O)(=O)CC)cccc32)c[nH]1. The first kappa shape index (κ1) is 16.0. The summed E-state index contributed by atoms with van der Waals surface area (Å²) in [6, 6.07) is 5.78. The van der Waals surface area contributed by atoms with E-state index in [2.05, 4.69) is 33.0 Å². The van der Waals surface area contributed by atoms with Crippen molar-refractivity contribution >= 4 is 15.7 Å². The number of nitrogens with zero attached hydrogens (tertiary/aromatic N) is 1. The van der Waals surface area contributed by atoms with Crippen LogP contribution in [-0.4, -0.2) is 30.7 Å². The lowest BCUT2D eigenvalue weighted by molar-refractivity contribution is 0.584. The maximum atomic E-state index is 11.9. The lowest BCUT2D eigenvalue weighted by Crippen LogP contribution is -2.30. The highest BCUT2D eigenvalue weighted by atomic mass is 32.2. The minimum absolute atomic E-state index is 0.0623. The molecule has 3 rings (SSSR count). The van der Waals surface area contributed by atoms with Crippen molar-refractivity contribution in [1.29, 1.82) is 0 Å². The Hall–Kier alpha value is -1.86. The fourth-order valence-corrected chi connectivity index (χ4v) is 3.59. The summed E-state index contributed by atoms with van der Waals surface area (Å²) in [6.45, 7) is 5.15. The van der Waals surface area contributed by atoms with Crippen LogP contribution in [0.15, 0.2) is 24.4 Å². The summed E-state index contributed by atoms with van der Waals surface area (Å²) in [6.07, 6.45) is 2.81. The molecule has 0 fully saturated rings. The highest BCUT2D eigenvalue weighted by Crippen LogP contribution is 2.33. The maximum Gasteiger partial charge on any atom is 0.232 e. The fraction of sp³-hybridized carbons (Fsp3) is 0.438. The van der Waals surface area contributed by atoms with Gasteiger partial charge in [-0.3, -0.25) is 4.72 Å². The van der Waals surface area contributed by atoms with E-state index < -0.39 is 10.0 Å². The molecule has 0 saturated heterocycles. The molecular formula is C16H22N4O2S. The number of nitrogens with one attached hydrogen (secondary N) is 3. The first-order valence-corrected chi connectivity index (χ1v) is 9.56. The van der Waals surface area contributed by atoms with Gasteiger partial charge in [-0.1, -0.05) is 19.1 Å². The Balaban J connectivity index is 1.99. The fourth-order valence-electron chi connectivity index (χ4n) is 2.92. The first-order valence-electron chi connectivity index (χ1n) is 7.91. The van der Waals surface area contributed by atoms with Crippen LogP contribution in [0.25, 0.3) is 0 Å². The van der Waals surface area contributed by atoms with E-state index in [-0.39, 0.29) is 11.7 Å². The van der Waals surface area contributed by atoms with E-state index in [1.54, 1.807) is 6.92 Å². The molecule has 23 heavy (non-hydrogen) atoms. The monoisotopic (exact) mass is 334 g/mol. The predicted molar refractivity (Wildman–Crippen MR) is 91.0 cm³/mol. The molecule has 0 radical (unpaired) electrons. The molecule has 1 atom stereocenters. The van der Waals surface area contributed by atoms with Crippen LogP contribution < -0.4 is 10.0 Å². The Bertz CT molecular complexity index is 798. The van der Waals surface area contributed by atoms with Crippen LogP contribution in [0.4, 0.5) is 5.69 Å². The van der Waals surface area contributed by atoms with E-state index >= 15 is 0 Å². The first-order chi connectivity index (χ1) is 11.0. The van der Waals surface area contributed by atoms with Gasteiger partial charge in [0, 0.05) is 31.6 Å². The van der Waals surface area contributed by atoms with E-state index in [4.69, 9.17) is 0 Å². The molecule has 1 aliphatic heterocycles. The average Bonchev–Trinajstić information content (AvgIpc) is 3.03. The van der Waals surface area contributed by atoms with Crippen molar-refractivity contribution < 1.29 is 8.42 Å². The number of hydrogen-bond donors (Lipinski definition) is 3. The number of sulfonamides is 1. The summed E-state index contributed by atoms with van der Waals surface area (Å²) in [5.41, 5.74) is 3.79. The van der Waals surface area contributed by atoms with E-state index in [1.165, 1.54) is 0 Å². The molecule has 0 saturated carbocycles. The molecule has 6 nitrogen and oxygen atoms in total. The Morgan fingerprint density at radius 3 is 2.87 bits per heavy atom. The van der Waals surface area contributed by atoms with Crippen LogP contribution >= 0.6 is 0 Å². The Morgan fingerprint density at radius 1 is 1.35 bits per heavy atom. The number of anilines is 1. The summed E-state index contributed by atoms with van der Waals surface area (Å²) >= 11 is 0. The summed E-state index contributed by atoms with van der Waals surface area (Å²) < 4.78 is 26.5. The second kappa shape index (κ2) is 6.33. The molecule has 1 aromatic heterocycles. The van der Waals surface area contributed by atoms with Crippen molar-refractivity contribution in [2.75, 3.05) is 17.0 Å². The van der Waals surface area contributed by atoms with Gasteiger partial charge in [-0.2, -0.15) is 0 Å². The lowest BCUT2D eigenvalue weighted by atomic mass is 9.88. The second-order valence-electron chi connectivity index (χ2n) is 5.69. The minimum Gasteiger partial charge on any atom is -0.348 e. The molecule has 3 N–H and O–H groups in total. The molecule has 1 aromatic carbocycles. The number of hydrogen-bond acceptors (Lipinski definition) is 4. The van der Waals surface area contributed by atoms with Crippen molar-refractivity contribution in [1.82, 2.24) is 15.3 Å². The van der Waals surface area contributed by atoms with E-state index in [0.29, 0.717) is 12.2 Å². The van der Waals surface area contributed by atoms with Crippen LogP contribution in [0.2, 0.25) is 0 Å². The van der Waals surface area contributed by atoms with Gasteiger partial charge in [0.2, 0.25) is 10.0 Å². The standard InChI is InChI=1S/C16H22N4O2S/c1-3-16-18-10-15(19-16)13-9-17-8-12-11(13)6-5-7-14(12)20-23(21,22)4-2/h5-7,10,13,17,20H,3-4,8-9H2,1-2H3,(H,18,19). The van der Waals surface area contributed by atoms with Crippen LogP contribution in [0.3, 0.4) is 0 Å². The zero-order valence-electron chi connectivity index (χ0n) is 13.4. The number of imidazole rings is 1. The molecule has 1 unspecified atom stereocenters. The smallest absolute Gasteiger partial charge is 0.232 e. The van der Waals surface area contributed by atoms with Gasteiger partial charge in [-0.25, -0.2) is 13.4 Å². The van der Waals surface area contributed by atoms with Gasteiger partial charge in [-0.15, -0.1) is 0 Å². The number of rotatable bonds is 5. The van der Waals surface area contributed by atoms with Crippen LogP contribution in [-0.2, 0) is 23.0 Å². The zero-order valence-corrected chi connectivity index (χ0v) is 14.2. The molecular weight excluding hydrogens is 312 g/mol. The Kier molecular flexibility index (Phi) is 4.41. The number of aryl methyl sites for hydroxylation is 1. The van der Waals surface area contributed by atoms with Crippen molar-refractivity contribution in [3.05, 3.63) is 47.0 Å². The molecule has 7 heteroatoms. The number of fused-ring (bicyclic) bond motifs is 1. The molecule has 0 aliphatic carbocycles. The van der Waals surface area contributed by atoms with Gasteiger partial charge in [0.05, 0.1) is 17.1 Å². The normalized spacial score (nSPS) is 17.7. The van der Waals surface area contributed by atoms with Gasteiger partial charge < -0.3 is 10.3 Å². The van der Waals surface area contributed by atoms with E-state index in [1.807, 2.05) is 18.3 Å². The Morgan fingerprint density at radius 2 is 2.17 bits per heavy atom. The molecule has 2 aromatic rings. The quantitative estimate of drug-likeness (QED) is 0.780. The molecule has 1 aliphatic rings. The molecule has 2 heterocycles.